The second-order valence-corrected chi connectivity index (χ2v) is 8.09. The molecule has 2 aromatic rings. The first-order valence-corrected chi connectivity index (χ1v) is 10.9. The Morgan fingerprint density at radius 3 is 2.52 bits per heavy atom. The second kappa shape index (κ2) is 9.87. The molecule has 1 aromatic heterocycles. The summed E-state index contributed by atoms with van der Waals surface area (Å²) in [7, 11) is 0. The average Bonchev–Trinajstić information content (AvgIpc) is 2.78. The van der Waals surface area contributed by atoms with Gasteiger partial charge in [0.1, 0.15) is 6.61 Å². The topological polar surface area (TPSA) is 87.7 Å². The van der Waals surface area contributed by atoms with Crippen LogP contribution in [0, 0.1) is 5.92 Å². The van der Waals surface area contributed by atoms with Crippen molar-refractivity contribution in [2.24, 2.45) is 5.92 Å². The van der Waals surface area contributed by atoms with Crippen LogP contribution < -0.4 is 10.2 Å². The molecule has 8 heteroatoms. The highest BCUT2D eigenvalue weighted by Gasteiger charge is 2.33. The van der Waals surface area contributed by atoms with Crippen LogP contribution in [0.5, 0.6) is 0 Å². The summed E-state index contributed by atoms with van der Waals surface area (Å²) in [6.45, 7) is 5.47. The van der Waals surface area contributed by atoms with E-state index in [0.717, 1.165) is 37.4 Å². The predicted octanol–water partition coefficient (Wildman–Crippen LogP) is 2.29. The number of carbonyl (C=O) groups excluding carboxylic acids is 2. The number of hydrogen-bond donors (Lipinski definition) is 1. The Morgan fingerprint density at radius 2 is 1.87 bits per heavy atom. The summed E-state index contributed by atoms with van der Waals surface area (Å²) in [4.78, 5) is 28.5. The van der Waals surface area contributed by atoms with Crippen molar-refractivity contribution in [2.45, 2.75) is 25.7 Å². The monoisotopic (exact) mass is 423 g/mol. The smallest absolute Gasteiger partial charge is 0.248 e. The fourth-order valence-corrected chi connectivity index (χ4v) is 4.12. The largest absolute Gasteiger partial charge is 0.372 e. The van der Waals surface area contributed by atoms with Gasteiger partial charge >= 0.3 is 0 Å². The molecule has 1 aromatic carbocycles. The maximum absolute atomic E-state index is 12.5. The zero-order valence-electron chi connectivity index (χ0n) is 17.9. The molecule has 0 spiro atoms. The summed E-state index contributed by atoms with van der Waals surface area (Å²) in [5.74, 6) is 1.32. The van der Waals surface area contributed by atoms with Gasteiger partial charge in [0.2, 0.25) is 11.8 Å². The van der Waals surface area contributed by atoms with Gasteiger partial charge in [-0.25, -0.2) is 0 Å². The third-order valence-corrected chi connectivity index (χ3v) is 6.06. The van der Waals surface area contributed by atoms with Crippen LogP contribution in [0.4, 0.5) is 11.5 Å². The molecular formula is C23H29N5O3. The lowest BCUT2D eigenvalue weighted by molar-refractivity contribution is -0.137. The van der Waals surface area contributed by atoms with E-state index in [0.29, 0.717) is 25.6 Å². The molecule has 31 heavy (non-hydrogen) atoms. The molecule has 0 saturated carbocycles. The molecule has 2 aliphatic heterocycles. The summed E-state index contributed by atoms with van der Waals surface area (Å²) in [5.41, 5.74) is 2.07. The SMILES string of the molecule is CCOCC(=O)N1CCC(c2ccc(NC(=O)C3CN(c4cccnn4)C3)cc2)CC1. The Hall–Kier alpha value is -3.00. The first-order valence-electron chi connectivity index (χ1n) is 10.9. The normalized spacial score (nSPS) is 17.3. The second-order valence-electron chi connectivity index (χ2n) is 8.09. The fraction of sp³-hybridized carbons (Fsp3) is 0.478. The fourth-order valence-electron chi connectivity index (χ4n) is 4.12. The van der Waals surface area contributed by atoms with Crippen molar-refractivity contribution < 1.29 is 14.3 Å². The van der Waals surface area contributed by atoms with E-state index in [4.69, 9.17) is 4.74 Å². The maximum atomic E-state index is 12.5. The van der Waals surface area contributed by atoms with Gasteiger partial charge in [-0.15, -0.1) is 5.10 Å². The zero-order valence-corrected chi connectivity index (χ0v) is 17.9. The van der Waals surface area contributed by atoms with Gasteiger partial charge in [0.15, 0.2) is 5.82 Å². The van der Waals surface area contributed by atoms with Gasteiger partial charge < -0.3 is 19.9 Å². The maximum Gasteiger partial charge on any atom is 0.248 e. The highest BCUT2D eigenvalue weighted by atomic mass is 16.5. The Bertz CT molecular complexity index is 876. The van der Waals surface area contributed by atoms with Crippen molar-refractivity contribution in [3.05, 3.63) is 48.2 Å². The van der Waals surface area contributed by atoms with Crippen molar-refractivity contribution in [3.8, 4) is 0 Å². The van der Waals surface area contributed by atoms with Crippen molar-refractivity contribution in [1.82, 2.24) is 15.1 Å². The van der Waals surface area contributed by atoms with Gasteiger partial charge in [0, 0.05) is 44.7 Å². The van der Waals surface area contributed by atoms with Crippen LogP contribution in [-0.4, -0.2) is 66.3 Å². The van der Waals surface area contributed by atoms with Gasteiger partial charge in [0.25, 0.3) is 0 Å². The van der Waals surface area contributed by atoms with Gasteiger partial charge in [-0.2, -0.15) is 5.10 Å². The Kier molecular flexibility index (Phi) is 6.76. The molecule has 2 amide bonds. The minimum atomic E-state index is -0.0414. The third kappa shape index (κ3) is 5.19. The number of hydrogen-bond acceptors (Lipinski definition) is 6. The molecule has 0 bridgehead atoms. The number of piperidine rings is 1. The van der Waals surface area contributed by atoms with Crippen molar-refractivity contribution in [3.63, 3.8) is 0 Å². The van der Waals surface area contributed by atoms with Gasteiger partial charge in [-0.3, -0.25) is 9.59 Å². The molecule has 3 heterocycles. The molecule has 0 aliphatic carbocycles. The Morgan fingerprint density at radius 1 is 1.13 bits per heavy atom. The van der Waals surface area contributed by atoms with Gasteiger partial charge in [-0.1, -0.05) is 12.1 Å². The van der Waals surface area contributed by atoms with E-state index < -0.39 is 0 Å². The number of anilines is 2. The van der Waals surface area contributed by atoms with Gasteiger partial charge in [-0.05, 0) is 55.5 Å². The number of likely N-dealkylation sites (tertiary alicyclic amines) is 1. The third-order valence-electron chi connectivity index (χ3n) is 6.06. The number of amides is 2. The average molecular weight is 424 g/mol. The number of aromatic nitrogens is 2. The van der Waals surface area contributed by atoms with Crippen molar-refractivity contribution in [1.29, 1.82) is 0 Å². The molecule has 0 radical (unpaired) electrons. The minimum Gasteiger partial charge on any atom is -0.372 e. The molecular weight excluding hydrogens is 394 g/mol. The number of nitrogens with zero attached hydrogens (tertiary/aromatic N) is 4. The lowest BCUT2D eigenvalue weighted by Crippen LogP contribution is -2.52. The first-order chi connectivity index (χ1) is 15.1. The van der Waals surface area contributed by atoms with E-state index in [-0.39, 0.29) is 24.3 Å². The van der Waals surface area contributed by atoms with Crippen LogP contribution in [0.2, 0.25) is 0 Å². The van der Waals surface area contributed by atoms with Crippen LogP contribution in [-0.2, 0) is 14.3 Å². The van der Waals surface area contributed by atoms with E-state index in [2.05, 4.69) is 27.6 Å². The number of carbonyl (C=O) groups is 2. The summed E-state index contributed by atoms with van der Waals surface area (Å²) in [6, 6.07) is 11.9. The van der Waals surface area contributed by atoms with Crippen LogP contribution >= 0.6 is 0 Å². The molecule has 8 nitrogen and oxygen atoms in total. The Balaban J connectivity index is 1.23. The summed E-state index contributed by atoms with van der Waals surface area (Å²) in [6.07, 6.45) is 3.54. The molecule has 2 fully saturated rings. The van der Waals surface area contributed by atoms with E-state index in [1.165, 1.54) is 5.56 Å². The van der Waals surface area contributed by atoms with E-state index in [9.17, 15) is 9.59 Å². The molecule has 0 unspecified atom stereocenters. The van der Waals surface area contributed by atoms with Gasteiger partial charge in [0.05, 0.1) is 5.92 Å². The van der Waals surface area contributed by atoms with E-state index >= 15 is 0 Å². The molecule has 0 atom stereocenters. The molecule has 2 saturated heterocycles. The summed E-state index contributed by atoms with van der Waals surface area (Å²) in [5, 5.41) is 11.0. The van der Waals surface area contributed by atoms with E-state index in [1.807, 2.05) is 41.0 Å². The molecule has 164 valence electrons. The highest BCUT2D eigenvalue weighted by Crippen LogP contribution is 2.29. The Labute approximate surface area is 182 Å². The van der Waals surface area contributed by atoms with Crippen LogP contribution in [0.1, 0.15) is 31.2 Å². The minimum absolute atomic E-state index is 0.0361. The number of rotatable bonds is 7. The number of nitrogens with one attached hydrogen (secondary N) is 1. The first kappa shape index (κ1) is 21.2. The van der Waals surface area contributed by atoms with Crippen molar-refractivity contribution >= 4 is 23.3 Å². The van der Waals surface area contributed by atoms with Crippen LogP contribution in [0.15, 0.2) is 42.6 Å². The van der Waals surface area contributed by atoms with Crippen LogP contribution in [0.3, 0.4) is 0 Å². The summed E-state index contributed by atoms with van der Waals surface area (Å²) < 4.78 is 5.23. The highest BCUT2D eigenvalue weighted by molar-refractivity contribution is 5.94. The van der Waals surface area contributed by atoms with Crippen LogP contribution in [0.25, 0.3) is 0 Å². The van der Waals surface area contributed by atoms with E-state index in [1.54, 1.807) is 6.20 Å². The summed E-state index contributed by atoms with van der Waals surface area (Å²) >= 11 is 0. The standard InChI is InChI=1S/C23H29N5O3/c1-2-31-16-22(29)27-12-9-18(10-13-27)17-5-7-20(8-6-17)25-23(30)19-14-28(15-19)21-4-3-11-24-26-21/h3-8,11,18-19H,2,9-10,12-16H2,1H3,(H,25,30). The molecule has 2 aliphatic rings. The predicted molar refractivity (Wildman–Crippen MR) is 118 cm³/mol. The van der Waals surface area contributed by atoms with Crippen molar-refractivity contribution in [2.75, 3.05) is 49.6 Å². The number of benzene rings is 1. The molecule has 4 rings (SSSR count). The molecule has 1 N–H and O–H groups in total. The quantitative estimate of drug-likeness (QED) is 0.735. The lowest BCUT2D eigenvalue weighted by Gasteiger charge is -2.38. The lowest BCUT2D eigenvalue weighted by atomic mass is 9.89. The zero-order chi connectivity index (χ0) is 21.6. The number of ether oxygens (including phenoxy) is 1.